The Balaban J connectivity index is 2.02. The van der Waals surface area contributed by atoms with E-state index in [-0.39, 0.29) is 35.1 Å². The van der Waals surface area contributed by atoms with Gasteiger partial charge in [0.15, 0.2) is 11.4 Å². The van der Waals surface area contributed by atoms with Crippen LogP contribution < -0.4 is 10.3 Å². The number of aryl methyl sites for hydroxylation is 1. The van der Waals surface area contributed by atoms with Gasteiger partial charge >= 0.3 is 0 Å². The number of aromatic nitrogens is 2. The van der Waals surface area contributed by atoms with Crippen molar-refractivity contribution in [1.29, 1.82) is 0 Å². The molecule has 0 spiro atoms. The molecule has 1 fully saturated rings. The Bertz CT molecular complexity index is 850. The maximum Gasteiger partial charge on any atom is 0.278 e. The number of rotatable bonds is 3. The molecular weight excluding hydrogens is 334 g/mol. The molecule has 138 valence electrons. The van der Waals surface area contributed by atoms with E-state index >= 15 is 0 Å². The van der Waals surface area contributed by atoms with Gasteiger partial charge in [-0.1, -0.05) is 17.7 Å². The first-order chi connectivity index (χ1) is 12.4. The summed E-state index contributed by atoms with van der Waals surface area (Å²) in [5.74, 6) is -0.0973. The highest BCUT2D eigenvalue weighted by Crippen LogP contribution is 2.19. The Morgan fingerprint density at radius 3 is 2.38 bits per heavy atom. The van der Waals surface area contributed by atoms with Crippen molar-refractivity contribution in [2.24, 2.45) is 0 Å². The van der Waals surface area contributed by atoms with Gasteiger partial charge in [0.1, 0.15) is 0 Å². The van der Waals surface area contributed by atoms with Crippen molar-refractivity contribution in [2.45, 2.75) is 33.0 Å². The summed E-state index contributed by atoms with van der Waals surface area (Å²) >= 11 is 0. The lowest BCUT2D eigenvalue weighted by Crippen LogP contribution is -2.48. The van der Waals surface area contributed by atoms with E-state index in [9.17, 15) is 9.59 Å². The normalized spacial score (nSPS) is 20.1. The number of hydrogen-bond acceptors (Lipinski definition) is 5. The Labute approximate surface area is 152 Å². The Hall–Kier alpha value is -2.67. The smallest absolute Gasteiger partial charge is 0.278 e. The van der Waals surface area contributed by atoms with Gasteiger partial charge in [0.05, 0.1) is 31.1 Å². The van der Waals surface area contributed by atoms with Crippen molar-refractivity contribution in [3.05, 3.63) is 51.9 Å². The van der Waals surface area contributed by atoms with Gasteiger partial charge in [0.25, 0.3) is 11.5 Å². The first kappa shape index (κ1) is 18.1. The van der Waals surface area contributed by atoms with Crippen LogP contribution in [0.4, 0.5) is 0 Å². The van der Waals surface area contributed by atoms with Crippen LogP contribution >= 0.6 is 0 Å². The van der Waals surface area contributed by atoms with Crippen molar-refractivity contribution in [3.63, 3.8) is 0 Å². The average Bonchev–Trinajstić information content (AvgIpc) is 2.61. The average molecular weight is 357 g/mol. The fourth-order valence-corrected chi connectivity index (χ4v) is 3.11. The molecule has 1 saturated heterocycles. The minimum atomic E-state index is -0.356. The molecule has 0 bridgehead atoms. The minimum absolute atomic E-state index is 0.0586. The van der Waals surface area contributed by atoms with Crippen LogP contribution in [0.3, 0.4) is 0 Å². The number of carbonyl (C=O) groups is 1. The quantitative estimate of drug-likeness (QED) is 0.837. The predicted octanol–water partition coefficient (Wildman–Crippen LogP) is 1.80. The van der Waals surface area contributed by atoms with Crippen LogP contribution in [0.5, 0.6) is 5.75 Å². The van der Waals surface area contributed by atoms with Crippen LogP contribution in [-0.2, 0) is 4.74 Å². The summed E-state index contributed by atoms with van der Waals surface area (Å²) in [5, 5.41) is 4.32. The molecule has 2 aromatic rings. The van der Waals surface area contributed by atoms with Crippen LogP contribution in [0.2, 0.25) is 0 Å². The maximum atomic E-state index is 13.0. The molecule has 1 amide bonds. The zero-order valence-electron chi connectivity index (χ0n) is 15.4. The van der Waals surface area contributed by atoms with Crippen molar-refractivity contribution in [2.75, 3.05) is 20.2 Å². The van der Waals surface area contributed by atoms with Gasteiger partial charge in [-0.15, -0.1) is 0 Å². The molecule has 0 radical (unpaired) electrons. The number of nitrogens with zero attached hydrogens (tertiary/aromatic N) is 3. The fraction of sp³-hybridized carbons (Fsp3) is 0.421. The molecule has 2 unspecified atom stereocenters. The lowest BCUT2D eigenvalue weighted by molar-refractivity contribution is -0.0588. The molecule has 1 aliphatic rings. The Morgan fingerprint density at radius 2 is 1.81 bits per heavy atom. The van der Waals surface area contributed by atoms with Gasteiger partial charge in [0.2, 0.25) is 0 Å². The van der Waals surface area contributed by atoms with E-state index in [2.05, 4.69) is 5.10 Å². The fourth-order valence-electron chi connectivity index (χ4n) is 3.11. The Kier molecular flexibility index (Phi) is 5.08. The lowest BCUT2D eigenvalue weighted by atomic mass is 10.2. The molecule has 26 heavy (non-hydrogen) atoms. The summed E-state index contributed by atoms with van der Waals surface area (Å²) < 4.78 is 12.2. The van der Waals surface area contributed by atoms with E-state index in [1.807, 2.05) is 32.9 Å². The van der Waals surface area contributed by atoms with E-state index in [0.717, 1.165) is 5.56 Å². The van der Waals surface area contributed by atoms with Gasteiger partial charge < -0.3 is 14.4 Å². The van der Waals surface area contributed by atoms with E-state index in [1.54, 1.807) is 17.0 Å². The highest BCUT2D eigenvalue weighted by molar-refractivity contribution is 5.95. The summed E-state index contributed by atoms with van der Waals surface area (Å²) in [6, 6.07) is 8.67. The number of hydrogen-bond donors (Lipinski definition) is 0. The molecule has 0 aliphatic carbocycles. The summed E-state index contributed by atoms with van der Waals surface area (Å²) in [7, 11) is 1.42. The van der Waals surface area contributed by atoms with Crippen molar-refractivity contribution in [3.8, 4) is 11.4 Å². The van der Waals surface area contributed by atoms with Crippen molar-refractivity contribution in [1.82, 2.24) is 14.7 Å². The van der Waals surface area contributed by atoms with E-state index in [1.165, 1.54) is 17.9 Å². The molecular formula is C19H23N3O4. The monoisotopic (exact) mass is 357 g/mol. The van der Waals surface area contributed by atoms with Gasteiger partial charge in [0, 0.05) is 13.1 Å². The first-order valence-corrected chi connectivity index (χ1v) is 8.59. The van der Waals surface area contributed by atoms with Crippen molar-refractivity contribution < 1.29 is 14.3 Å². The van der Waals surface area contributed by atoms with E-state index in [4.69, 9.17) is 9.47 Å². The van der Waals surface area contributed by atoms with Crippen LogP contribution in [0.25, 0.3) is 5.69 Å². The second kappa shape index (κ2) is 7.29. The second-order valence-electron chi connectivity index (χ2n) is 6.61. The summed E-state index contributed by atoms with van der Waals surface area (Å²) in [5.41, 5.74) is 1.43. The van der Waals surface area contributed by atoms with Gasteiger partial charge in [-0.2, -0.15) is 9.78 Å². The van der Waals surface area contributed by atoms with Gasteiger partial charge in [-0.3, -0.25) is 9.59 Å². The van der Waals surface area contributed by atoms with Gasteiger partial charge in [-0.25, -0.2) is 0 Å². The topological polar surface area (TPSA) is 73.7 Å². The largest absolute Gasteiger partial charge is 0.494 e. The highest BCUT2D eigenvalue weighted by atomic mass is 16.5. The highest BCUT2D eigenvalue weighted by Gasteiger charge is 2.30. The van der Waals surface area contributed by atoms with Crippen LogP contribution in [0.15, 0.2) is 35.1 Å². The molecule has 3 rings (SSSR count). The molecule has 0 N–H and O–H groups in total. The number of carbonyl (C=O) groups excluding carboxylic acids is 1. The number of benzene rings is 1. The summed E-state index contributed by atoms with van der Waals surface area (Å²) in [4.78, 5) is 27.1. The molecule has 0 saturated carbocycles. The Morgan fingerprint density at radius 1 is 1.19 bits per heavy atom. The first-order valence-electron chi connectivity index (χ1n) is 8.59. The molecule has 2 atom stereocenters. The number of ether oxygens (including phenoxy) is 2. The molecule has 1 aliphatic heterocycles. The maximum absolute atomic E-state index is 13.0. The lowest BCUT2D eigenvalue weighted by Gasteiger charge is -2.35. The number of amides is 1. The molecule has 1 aromatic heterocycles. The van der Waals surface area contributed by atoms with Crippen LogP contribution in [0, 0.1) is 6.92 Å². The van der Waals surface area contributed by atoms with Crippen LogP contribution in [0.1, 0.15) is 29.9 Å². The zero-order chi connectivity index (χ0) is 18.8. The molecule has 1 aromatic carbocycles. The number of morpholine rings is 1. The van der Waals surface area contributed by atoms with E-state index in [0.29, 0.717) is 18.8 Å². The standard InChI is InChI=1S/C19H23N3O4/c1-12-5-7-15(8-6-12)22-17(23)9-16(25-4)18(20-22)19(24)21-10-13(2)26-14(3)11-21/h5-9,13-14H,10-11H2,1-4H3. The van der Waals surface area contributed by atoms with Crippen molar-refractivity contribution >= 4 is 5.91 Å². The van der Waals surface area contributed by atoms with E-state index < -0.39 is 0 Å². The SMILES string of the molecule is COc1cc(=O)n(-c2ccc(C)cc2)nc1C(=O)N1CC(C)OC(C)C1. The molecule has 7 heteroatoms. The number of methoxy groups -OCH3 is 1. The van der Waals surface area contributed by atoms with Crippen LogP contribution in [-0.4, -0.2) is 53.0 Å². The van der Waals surface area contributed by atoms with Gasteiger partial charge in [-0.05, 0) is 32.9 Å². The predicted molar refractivity (Wildman–Crippen MR) is 97.0 cm³/mol. The minimum Gasteiger partial charge on any atom is -0.494 e. The third kappa shape index (κ3) is 3.62. The summed E-state index contributed by atoms with van der Waals surface area (Å²) in [6.45, 7) is 6.75. The zero-order valence-corrected chi connectivity index (χ0v) is 15.4. The molecule has 2 heterocycles. The summed E-state index contributed by atoms with van der Waals surface area (Å²) in [6.07, 6.45) is -0.117. The second-order valence-corrected chi connectivity index (χ2v) is 6.61. The third-order valence-electron chi connectivity index (χ3n) is 4.30. The molecule has 7 nitrogen and oxygen atoms in total. The third-order valence-corrected chi connectivity index (χ3v) is 4.30.